The molecule has 7 nitrogen and oxygen atoms in total. The van der Waals surface area contributed by atoms with Crippen LogP contribution in [0.4, 0.5) is 14.9 Å². The summed E-state index contributed by atoms with van der Waals surface area (Å²) < 4.78 is 46.9. The van der Waals surface area contributed by atoms with Gasteiger partial charge in [0.25, 0.3) is 0 Å². The second-order valence-electron chi connectivity index (χ2n) is 7.82. The second kappa shape index (κ2) is 8.74. The average Bonchev–Trinajstić information content (AvgIpc) is 3.04. The van der Waals surface area contributed by atoms with E-state index in [0.717, 1.165) is 0 Å². The smallest absolute Gasteiger partial charge is 0.321 e. The molecule has 4 rings (SSSR count). The molecule has 0 aliphatic carbocycles. The number of nitrogens with zero attached hydrogens (tertiary/aromatic N) is 2. The van der Waals surface area contributed by atoms with Gasteiger partial charge in [0.05, 0.1) is 31.1 Å². The molecule has 2 aliphatic rings. The summed E-state index contributed by atoms with van der Waals surface area (Å²) in [5.74, 6) is -0.563. The Hall–Kier alpha value is -2.20. The lowest BCUT2D eigenvalue weighted by Gasteiger charge is -2.28. The van der Waals surface area contributed by atoms with Crippen molar-refractivity contribution in [2.45, 2.75) is 25.6 Å². The fourth-order valence-electron chi connectivity index (χ4n) is 4.06. The fraction of sp³-hybridized carbons (Fsp3) is 0.381. The molecule has 166 valence electrons. The largest absolute Gasteiger partial charge is 0.374 e. The van der Waals surface area contributed by atoms with Crippen LogP contribution in [0.2, 0.25) is 5.02 Å². The molecule has 2 aliphatic heterocycles. The van der Waals surface area contributed by atoms with Crippen molar-refractivity contribution in [1.82, 2.24) is 9.21 Å². The number of halogens is 2. The highest BCUT2D eigenvalue weighted by Crippen LogP contribution is 2.28. The fourth-order valence-corrected chi connectivity index (χ4v) is 5.75. The highest BCUT2D eigenvalue weighted by atomic mass is 35.5. The van der Waals surface area contributed by atoms with Crippen molar-refractivity contribution in [1.29, 1.82) is 0 Å². The van der Waals surface area contributed by atoms with Crippen LogP contribution in [0.15, 0.2) is 42.5 Å². The summed E-state index contributed by atoms with van der Waals surface area (Å²) in [7, 11) is -3.64. The van der Waals surface area contributed by atoms with Crippen LogP contribution in [0.25, 0.3) is 0 Å². The molecule has 0 saturated carbocycles. The summed E-state index contributed by atoms with van der Waals surface area (Å²) in [6.07, 6.45) is -0.461. The van der Waals surface area contributed by atoms with Crippen molar-refractivity contribution >= 4 is 33.3 Å². The maximum Gasteiger partial charge on any atom is 0.321 e. The van der Waals surface area contributed by atoms with E-state index in [-0.39, 0.29) is 38.0 Å². The summed E-state index contributed by atoms with van der Waals surface area (Å²) in [4.78, 5) is 14.3. The van der Waals surface area contributed by atoms with Crippen molar-refractivity contribution in [3.63, 3.8) is 0 Å². The number of carbonyl (C=O) groups excluding carboxylic acids is 1. The van der Waals surface area contributed by atoms with Gasteiger partial charge in [-0.25, -0.2) is 17.6 Å². The van der Waals surface area contributed by atoms with Gasteiger partial charge in [0.2, 0.25) is 10.0 Å². The summed E-state index contributed by atoms with van der Waals surface area (Å²) >= 11 is 5.97. The van der Waals surface area contributed by atoms with Crippen LogP contribution in [-0.2, 0) is 21.3 Å². The predicted molar refractivity (Wildman–Crippen MR) is 116 cm³/mol. The first-order valence-corrected chi connectivity index (χ1v) is 11.9. The van der Waals surface area contributed by atoms with E-state index in [4.69, 9.17) is 16.3 Å². The van der Waals surface area contributed by atoms with Gasteiger partial charge in [0.15, 0.2) is 0 Å². The Morgan fingerprint density at radius 1 is 1.26 bits per heavy atom. The van der Waals surface area contributed by atoms with Crippen molar-refractivity contribution in [3.8, 4) is 0 Å². The maximum atomic E-state index is 13.9. The quantitative estimate of drug-likeness (QED) is 0.751. The summed E-state index contributed by atoms with van der Waals surface area (Å²) in [5, 5.41) is 3.28. The minimum Gasteiger partial charge on any atom is -0.374 e. The first-order valence-electron chi connectivity index (χ1n) is 9.90. The standard InChI is InChI=1S/C21H23ClFN3O4S/c1-14-7-15(9-17(23)8-14)11-26-19-12-25(13-20(19)30-5-6-31(26,28)29)21(27)24-18-4-2-3-16(22)10-18/h2-4,7-10,19-20H,5-6,11-13H2,1H3,(H,24,27)/t19-,20+/m1/s1. The number of nitrogens with one attached hydrogen (secondary N) is 1. The Kier molecular flexibility index (Phi) is 6.20. The highest BCUT2D eigenvalue weighted by molar-refractivity contribution is 7.89. The molecule has 31 heavy (non-hydrogen) atoms. The van der Waals surface area contributed by atoms with Crippen LogP contribution in [0.5, 0.6) is 0 Å². The SMILES string of the molecule is Cc1cc(F)cc(CN2[C@@H]3CN(C(=O)Nc4cccc(Cl)c4)C[C@@H]3OCCS2(=O)=O)c1. The van der Waals surface area contributed by atoms with Gasteiger partial charge < -0.3 is 15.0 Å². The van der Waals surface area contributed by atoms with E-state index < -0.39 is 28.0 Å². The van der Waals surface area contributed by atoms with Crippen molar-refractivity contribution in [2.75, 3.05) is 30.8 Å². The molecular weight excluding hydrogens is 445 g/mol. The molecule has 2 aromatic carbocycles. The number of benzene rings is 2. The molecule has 2 atom stereocenters. The van der Waals surface area contributed by atoms with Crippen LogP contribution in [0, 0.1) is 12.7 Å². The second-order valence-corrected chi connectivity index (χ2v) is 10.3. The molecule has 2 amide bonds. The number of hydrogen-bond donors (Lipinski definition) is 1. The van der Waals surface area contributed by atoms with Gasteiger partial charge in [-0.3, -0.25) is 0 Å². The lowest BCUT2D eigenvalue weighted by molar-refractivity contribution is 0.0472. The number of hydrogen-bond acceptors (Lipinski definition) is 4. The van der Waals surface area contributed by atoms with Gasteiger partial charge in [-0.05, 0) is 48.4 Å². The number of fused-ring (bicyclic) bond motifs is 1. The van der Waals surface area contributed by atoms with E-state index in [0.29, 0.717) is 21.8 Å². The molecule has 0 spiro atoms. The first kappa shape index (κ1) is 22.0. The molecular formula is C21H23ClFN3O4S. The Balaban J connectivity index is 1.55. The molecule has 0 bridgehead atoms. The third kappa shape index (κ3) is 5.01. The van der Waals surface area contributed by atoms with Gasteiger partial charge in [-0.1, -0.05) is 23.7 Å². The third-order valence-electron chi connectivity index (χ3n) is 5.44. The molecule has 0 aromatic heterocycles. The van der Waals surface area contributed by atoms with E-state index in [9.17, 15) is 17.6 Å². The van der Waals surface area contributed by atoms with Crippen molar-refractivity contribution in [2.24, 2.45) is 0 Å². The van der Waals surface area contributed by atoms with E-state index in [1.165, 1.54) is 21.3 Å². The number of carbonyl (C=O) groups is 1. The molecule has 0 radical (unpaired) electrons. The number of likely N-dealkylation sites (tertiary alicyclic amines) is 1. The Bertz CT molecular complexity index is 1080. The number of amides is 2. The molecule has 1 N–H and O–H groups in total. The minimum atomic E-state index is -3.64. The topological polar surface area (TPSA) is 79.0 Å². The van der Waals surface area contributed by atoms with Crippen LogP contribution in [0.1, 0.15) is 11.1 Å². The molecule has 0 unspecified atom stereocenters. The monoisotopic (exact) mass is 467 g/mol. The van der Waals surface area contributed by atoms with Crippen LogP contribution in [0.3, 0.4) is 0 Å². The van der Waals surface area contributed by atoms with Gasteiger partial charge >= 0.3 is 6.03 Å². The molecule has 2 aromatic rings. The highest BCUT2D eigenvalue weighted by Gasteiger charge is 2.45. The van der Waals surface area contributed by atoms with Gasteiger partial charge in [-0.2, -0.15) is 4.31 Å². The zero-order valence-electron chi connectivity index (χ0n) is 16.9. The number of urea groups is 1. The van der Waals surface area contributed by atoms with Crippen LogP contribution >= 0.6 is 11.6 Å². The number of sulfonamides is 1. The summed E-state index contributed by atoms with van der Waals surface area (Å²) in [6, 6.07) is 10.4. The lowest BCUT2D eigenvalue weighted by Crippen LogP contribution is -2.45. The molecule has 2 heterocycles. The zero-order valence-corrected chi connectivity index (χ0v) is 18.5. The van der Waals surface area contributed by atoms with E-state index >= 15 is 0 Å². The molecule has 2 fully saturated rings. The van der Waals surface area contributed by atoms with E-state index in [2.05, 4.69) is 5.32 Å². The van der Waals surface area contributed by atoms with Gasteiger partial charge in [0.1, 0.15) is 5.82 Å². The Morgan fingerprint density at radius 2 is 2.06 bits per heavy atom. The number of aryl methyl sites for hydroxylation is 1. The van der Waals surface area contributed by atoms with Gasteiger partial charge in [-0.15, -0.1) is 0 Å². The summed E-state index contributed by atoms with van der Waals surface area (Å²) in [5.41, 5.74) is 1.82. The Morgan fingerprint density at radius 3 is 2.81 bits per heavy atom. The maximum absolute atomic E-state index is 13.9. The average molecular weight is 468 g/mol. The summed E-state index contributed by atoms with van der Waals surface area (Å²) in [6.45, 7) is 2.25. The van der Waals surface area contributed by atoms with Crippen molar-refractivity contribution in [3.05, 3.63) is 64.4 Å². The molecule has 2 saturated heterocycles. The molecule has 10 heteroatoms. The minimum absolute atomic E-state index is 0.0230. The third-order valence-corrected chi connectivity index (χ3v) is 7.47. The van der Waals surface area contributed by atoms with Crippen molar-refractivity contribution < 1.29 is 22.3 Å². The van der Waals surface area contributed by atoms with Crippen LogP contribution < -0.4 is 5.32 Å². The predicted octanol–water partition coefficient (Wildman–Crippen LogP) is 3.23. The number of anilines is 1. The Labute approximate surface area is 185 Å². The van der Waals surface area contributed by atoms with E-state index in [1.54, 1.807) is 37.3 Å². The normalized spacial score (nSPS) is 23.3. The number of ether oxygens (including phenoxy) is 1. The van der Waals surface area contributed by atoms with E-state index in [1.807, 2.05) is 0 Å². The first-order chi connectivity index (χ1) is 14.7. The zero-order chi connectivity index (χ0) is 22.2. The lowest BCUT2D eigenvalue weighted by atomic mass is 10.1. The van der Waals surface area contributed by atoms with Gasteiger partial charge in [0, 0.05) is 23.8 Å². The van der Waals surface area contributed by atoms with Crippen LogP contribution in [-0.4, -0.2) is 61.2 Å². The number of rotatable bonds is 3.